The number of aryl methyl sites for hydroxylation is 1. The largest absolute Gasteiger partial charge is 0.489 e. The van der Waals surface area contributed by atoms with Crippen molar-refractivity contribution >= 4 is 20.9 Å². The van der Waals surface area contributed by atoms with E-state index in [0.717, 1.165) is 21.9 Å². The van der Waals surface area contributed by atoms with E-state index in [1.54, 1.807) is 42.5 Å². The highest BCUT2D eigenvalue weighted by Gasteiger charge is 2.17. The Hall–Kier alpha value is -3.31. The van der Waals surface area contributed by atoms with Crippen molar-refractivity contribution in [2.24, 2.45) is 0 Å². The van der Waals surface area contributed by atoms with Gasteiger partial charge in [0, 0.05) is 0 Å². The first-order chi connectivity index (χ1) is 14.0. The minimum Gasteiger partial charge on any atom is -0.489 e. The van der Waals surface area contributed by atoms with E-state index in [9.17, 15) is 8.42 Å². The average Bonchev–Trinajstić information content (AvgIpc) is 2.73. The molecule has 0 spiro atoms. The van der Waals surface area contributed by atoms with Crippen LogP contribution in [0.25, 0.3) is 10.8 Å². The fourth-order valence-electron chi connectivity index (χ4n) is 3.01. The molecule has 0 fully saturated rings. The first-order valence-electron chi connectivity index (χ1n) is 9.21. The van der Waals surface area contributed by atoms with E-state index >= 15 is 0 Å². The quantitative estimate of drug-likeness (QED) is 0.399. The Labute approximate surface area is 170 Å². The molecule has 4 aromatic rings. The lowest BCUT2D eigenvalue weighted by Crippen LogP contribution is -2.09. The monoisotopic (exact) mass is 404 g/mol. The fourth-order valence-corrected chi connectivity index (χ4v) is 3.97. The van der Waals surface area contributed by atoms with Crippen LogP contribution in [-0.4, -0.2) is 8.42 Å². The Morgan fingerprint density at radius 3 is 2.14 bits per heavy atom. The van der Waals surface area contributed by atoms with Crippen molar-refractivity contribution in [3.63, 3.8) is 0 Å². The molecule has 0 aliphatic rings. The molecule has 0 saturated carbocycles. The molecule has 0 aliphatic heterocycles. The standard InChI is InChI=1S/C24H20O4S/c1-18-7-8-21-16-24(14-9-20(21)15-18)29(25,26)28-23-12-10-22(11-13-23)27-17-19-5-3-2-4-6-19/h2-16H,17H2,1H3. The van der Waals surface area contributed by atoms with Gasteiger partial charge in [-0.3, -0.25) is 0 Å². The molecule has 0 saturated heterocycles. The molecular weight excluding hydrogens is 384 g/mol. The Morgan fingerprint density at radius 2 is 1.38 bits per heavy atom. The van der Waals surface area contributed by atoms with Crippen LogP contribution in [0.5, 0.6) is 11.5 Å². The first-order valence-corrected chi connectivity index (χ1v) is 10.6. The molecular formula is C24H20O4S. The van der Waals surface area contributed by atoms with Gasteiger partial charge in [0.2, 0.25) is 0 Å². The average molecular weight is 404 g/mol. The van der Waals surface area contributed by atoms with Crippen molar-refractivity contribution in [3.05, 3.63) is 102 Å². The van der Waals surface area contributed by atoms with Crippen LogP contribution in [-0.2, 0) is 16.7 Å². The van der Waals surface area contributed by atoms with Gasteiger partial charge < -0.3 is 8.92 Å². The molecule has 0 bridgehead atoms. The molecule has 0 radical (unpaired) electrons. The van der Waals surface area contributed by atoms with Gasteiger partial charge in [-0.05, 0) is 59.7 Å². The third-order valence-corrected chi connectivity index (χ3v) is 5.78. The summed E-state index contributed by atoms with van der Waals surface area (Å²) < 4.78 is 36.3. The maximum absolute atomic E-state index is 12.7. The van der Waals surface area contributed by atoms with Gasteiger partial charge in [-0.2, -0.15) is 8.42 Å². The van der Waals surface area contributed by atoms with E-state index in [4.69, 9.17) is 8.92 Å². The molecule has 5 heteroatoms. The number of hydrogen-bond donors (Lipinski definition) is 0. The van der Waals surface area contributed by atoms with Crippen LogP contribution in [0.15, 0.2) is 95.9 Å². The topological polar surface area (TPSA) is 52.6 Å². The molecule has 0 amide bonds. The second-order valence-corrected chi connectivity index (χ2v) is 8.34. The molecule has 0 atom stereocenters. The van der Waals surface area contributed by atoms with Crippen molar-refractivity contribution in [2.45, 2.75) is 18.4 Å². The van der Waals surface area contributed by atoms with Crippen molar-refractivity contribution in [1.29, 1.82) is 0 Å². The maximum atomic E-state index is 12.7. The highest BCUT2D eigenvalue weighted by molar-refractivity contribution is 7.87. The van der Waals surface area contributed by atoms with Gasteiger partial charge in [-0.1, -0.05) is 60.2 Å². The van der Waals surface area contributed by atoms with E-state index in [1.807, 2.05) is 55.5 Å². The molecule has 0 N–H and O–H groups in total. The van der Waals surface area contributed by atoms with Gasteiger partial charge in [0.25, 0.3) is 0 Å². The van der Waals surface area contributed by atoms with Gasteiger partial charge in [-0.25, -0.2) is 0 Å². The summed E-state index contributed by atoms with van der Waals surface area (Å²) >= 11 is 0. The van der Waals surface area contributed by atoms with E-state index in [1.165, 1.54) is 0 Å². The smallest absolute Gasteiger partial charge is 0.339 e. The van der Waals surface area contributed by atoms with Crippen molar-refractivity contribution in [2.75, 3.05) is 0 Å². The van der Waals surface area contributed by atoms with Gasteiger partial charge in [0.05, 0.1) is 0 Å². The zero-order valence-electron chi connectivity index (χ0n) is 15.9. The summed E-state index contributed by atoms with van der Waals surface area (Å²) in [6, 6.07) is 27.2. The van der Waals surface area contributed by atoms with E-state index in [-0.39, 0.29) is 10.6 Å². The first kappa shape index (κ1) is 19.0. The highest BCUT2D eigenvalue weighted by atomic mass is 32.2. The summed E-state index contributed by atoms with van der Waals surface area (Å²) in [6.45, 7) is 2.44. The molecule has 4 aromatic carbocycles. The van der Waals surface area contributed by atoms with Crippen LogP contribution < -0.4 is 8.92 Å². The summed E-state index contributed by atoms with van der Waals surface area (Å²) in [4.78, 5) is 0.123. The van der Waals surface area contributed by atoms with E-state index in [2.05, 4.69) is 0 Å². The van der Waals surface area contributed by atoms with E-state index in [0.29, 0.717) is 12.4 Å². The number of benzene rings is 4. The summed E-state index contributed by atoms with van der Waals surface area (Å²) in [5.74, 6) is 0.876. The Morgan fingerprint density at radius 1 is 0.724 bits per heavy atom. The summed E-state index contributed by atoms with van der Waals surface area (Å²) in [6.07, 6.45) is 0. The van der Waals surface area contributed by atoms with Crippen LogP contribution in [0.2, 0.25) is 0 Å². The molecule has 0 aromatic heterocycles. The molecule has 146 valence electrons. The number of rotatable bonds is 6. The van der Waals surface area contributed by atoms with Crippen LogP contribution in [0, 0.1) is 6.92 Å². The predicted molar refractivity (Wildman–Crippen MR) is 114 cm³/mol. The number of hydrogen-bond acceptors (Lipinski definition) is 4. The minimum atomic E-state index is -3.92. The highest BCUT2D eigenvalue weighted by Crippen LogP contribution is 2.25. The van der Waals surface area contributed by atoms with Crippen LogP contribution in [0.3, 0.4) is 0 Å². The second-order valence-electron chi connectivity index (χ2n) is 6.80. The van der Waals surface area contributed by atoms with Gasteiger partial charge in [0.1, 0.15) is 23.0 Å². The number of ether oxygens (including phenoxy) is 1. The maximum Gasteiger partial charge on any atom is 0.339 e. The lowest BCUT2D eigenvalue weighted by molar-refractivity contribution is 0.306. The Balaban J connectivity index is 1.47. The van der Waals surface area contributed by atoms with Crippen molar-refractivity contribution < 1.29 is 17.3 Å². The minimum absolute atomic E-state index is 0.123. The Kier molecular flexibility index (Phi) is 5.23. The van der Waals surface area contributed by atoms with Crippen LogP contribution >= 0.6 is 0 Å². The van der Waals surface area contributed by atoms with Crippen LogP contribution in [0.1, 0.15) is 11.1 Å². The summed E-state index contributed by atoms with van der Waals surface area (Å²) in [7, 11) is -3.92. The third kappa shape index (κ3) is 4.58. The van der Waals surface area contributed by atoms with Gasteiger partial charge in [-0.15, -0.1) is 0 Å². The molecule has 0 unspecified atom stereocenters. The lowest BCUT2D eigenvalue weighted by atomic mass is 10.1. The zero-order valence-corrected chi connectivity index (χ0v) is 16.7. The normalized spacial score (nSPS) is 11.3. The van der Waals surface area contributed by atoms with Crippen molar-refractivity contribution in [3.8, 4) is 11.5 Å². The van der Waals surface area contributed by atoms with Gasteiger partial charge >= 0.3 is 10.1 Å². The Bertz CT molecular complexity index is 1230. The van der Waals surface area contributed by atoms with E-state index < -0.39 is 10.1 Å². The molecule has 0 heterocycles. The SMILES string of the molecule is Cc1ccc2cc(S(=O)(=O)Oc3ccc(OCc4ccccc4)cc3)ccc2c1. The number of fused-ring (bicyclic) bond motifs is 1. The molecule has 29 heavy (non-hydrogen) atoms. The van der Waals surface area contributed by atoms with Crippen LogP contribution in [0.4, 0.5) is 0 Å². The summed E-state index contributed by atoms with van der Waals surface area (Å²) in [5.41, 5.74) is 2.18. The molecule has 4 rings (SSSR count). The fraction of sp³-hybridized carbons (Fsp3) is 0.0833. The predicted octanol–water partition coefficient (Wildman–Crippen LogP) is 5.49. The second kappa shape index (κ2) is 7.97. The molecule has 4 nitrogen and oxygen atoms in total. The molecule has 0 aliphatic carbocycles. The third-order valence-electron chi connectivity index (χ3n) is 4.53. The van der Waals surface area contributed by atoms with Crippen molar-refractivity contribution in [1.82, 2.24) is 0 Å². The lowest BCUT2D eigenvalue weighted by Gasteiger charge is -2.10. The zero-order chi connectivity index (χ0) is 20.3. The summed E-state index contributed by atoms with van der Waals surface area (Å²) in [5, 5.41) is 1.84. The van der Waals surface area contributed by atoms with Gasteiger partial charge in [0.15, 0.2) is 0 Å².